The van der Waals surface area contributed by atoms with Gasteiger partial charge >= 0.3 is 5.97 Å². The first-order valence-electron chi connectivity index (χ1n) is 4.71. The molecule has 1 aromatic heterocycles. The second-order valence-corrected chi connectivity index (χ2v) is 5.62. The van der Waals surface area contributed by atoms with Gasteiger partial charge in [-0.25, -0.2) is 0 Å². The minimum atomic E-state index is -0.265. The van der Waals surface area contributed by atoms with E-state index >= 15 is 0 Å². The Bertz CT molecular complexity index is 332. The van der Waals surface area contributed by atoms with Crippen LogP contribution in [0.2, 0.25) is 0 Å². The monoisotopic (exact) mass is 291 g/mol. The zero-order chi connectivity index (χ0) is 11.4. The molecule has 0 aromatic carbocycles. The van der Waals surface area contributed by atoms with Crippen molar-refractivity contribution >= 4 is 33.2 Å². The number of esters is 1. The van der Waals surface area contributed by atoms with Gasteiger partial charge in [0.05, 0.1) is 16.8 Å². The maximum Gasteiger partial charge on any atom is 0.307 e. The van der Waals surface area contributed by atoms with Crippen molar-refractivity contribution < 1.29 is 9.53 Å². The molecular weight excluding hydrogens is 278 g/mol. The largest absolute Gasteiger partial charge is 0.466 e. The number of aryl methyl sites for hydroxylation is 1. The standard InChI is InChI=1S/C10H14BrNO2S/c1-3-14-9(13)5-7(12)8-4-6(2)10(11)15-8/h4,7H,3,5,12H2,1-2H3/t7-/m1/s1. The van der Waals surface area contributed by atoms with Crippen molar-refractivity contribution in [1.82, 2.24) is 0 Å². The molecule has 3 nitrogen and oxygen atoms in total. The number of hydrogen-bond donors (Lipinski definition) is 1. The van der Waals surface area contributed by atoms with Crippen LogP contribution < -0.4 is 5.73 Å². The summed E-state index contributed by atoms with van der Waals surface area (Å²) < 4.78 is 5.91. The molecule has 2 N–H and O–H groups in total. The normalized spacial score (nSPS) is 12.5. The third-order valence-corrected chi connectivity index (χ3v) is 4.20. The van der Waals surface area contributed by atoms with Crippen LogP contribution >= 0.6 is 27.3 Å². The number of nitrogens with two attached hydrogens (primary N) is 1. The quantitative estimate of drug-likeness (QED) is 0.868. The predicted molar refractivity (Wildman–Crippen MR) is 64.9 cm³/mol. The number of thiophene rings is 1. The molecule has 0 bridgehead atoms. The lowest BCUT2D eigenvalue weighted by molar-refractivity contribution is -0.143. The van der Waals surface area contributed by atoms with Crippen LogP contribution in [0.5, 0.6) is 0 Å². The number of carbonyl (C=O) groups excluding carboxylic acids is 1. The molecule has 1 rings (SSSR count). The van der Waals surface area contributed by atoms with Crippen molar-refractivity contribution in [2.75, 3.05) is 6.61 Å². The maximum atomic E-state index is 11.2. The molecule has 5 heteroatoms. The predicted octanol–water partition coefficient (Wildman–Crippen LogP) is 2.77. The smallest absolute Gasteiger partial charge is 0.307 e. The summed E-state index contributed by atoms with van der Waals surface area (Å²) in [5.74, 6) is -0.243. The minimum absolute atomic E-state index is 0.236. The van der Waals surface area contributed by atoms with Gasteiger partial charge in [-0.05, 0) is 41.4 Å². The molecule has 0 aliphatic rings. The van der Waals surface area contributed by atoms with Crippen LogP contribution in [-0.2, 0) is 9.53 Å². The van der Waals surface area contributed by atoms with Gasteiger partial charge in [0, 0.05) is 10.9 Å². The highest BCUT2D eigenvalue weighted by Crippen LogP contribution is 2.31. The van der Waals surface area contributed by atoms with Crippen LogP contribution in [-0.4, -0.2) is 12.6 Å². The molecule has 0 aliphatic heterocycles. The van der Waals surface area contributed by atoms with Gasteiger partial charge in [-0.2, -0.15) is 0 Å². The van der Waals surface area contributed by atoms with Gasteiger partial charge in [0.15, 0.2) is 0 Å². The molecule has 0 radical (unpaired) electrons. The molecule has 0 aliphatic carbocycles. The Hall–Kier alpha value is -0.390. The van der Waals surface area contributed by atoms with Crippen LogP contribution in [0.25, 0.3) is 0 Å². The SMILES string of the molecule is CCOC(=O)C[C@@H](N)c1cc(C)c(Br)s1. The maximum absolute atomic E-state index is 11.2. The van der Waals surface area contributed by atoms with Crippen LogP contribution in [0.4, 0.5) is 0 Å². The summed E-state index contributed by atoms with van der Waals surface area (Å²) in [5.41, 5.74) is 7.04. The van der Waals surface area contributed by atoms with E-state index in [2.05, 4.69) is 15.9 Å². The fourth-order valence-electron chi connectivity index (χ4n) is 1.17. The molecule has 1 heterocycles. The lowest BCUT2D eigenvalue weighted by Crippen LogP contribution is -2.16. The first-order valence-corrected chi connectivity index (χ1v) is 6.32. The number of ether oxygens (including phenoxy) is 1. The van der Waals surface area contributed by atoms with Gasteiger partial charge in [0.2, 0.25) is 0 Å². The van der Waals surface area contributed by atoms with Gasteiger partial charge in [0.1, 0.15) is 0 Å². The summed E-state index contributed by atoms with van der Waals surface area (Å²) in [6.45, 7) is 4.19. The van der Waals surface area contributed by atoms with E-state index in [1.165, 1.54) is 0 Å². The van der Waals surface area contributed by atoms with Crippen molar-refractivity contribution in [2.24, 2.45) is 5.73 Å². The van der Waals surface area contributed by atoms with E-state index in [0.29, 0.717) is 6.61 Å². The molecule has 15 heavy (non-hydrogen) atoms. The molecule has 0 spiro atoms. The first kappa shape index (κ1) is 12.7. The summed E-state index contributed by atoms with van der Waals surface area (Å²) in [5, 5.41) is 0. The van der Waals surface area contributed by atoms with Gasteiger partial charge in [-0.1, -0.05) is 0 Å². The van der Waals surface area contributed by atoms with Crippen LogP contribution in [0.1, 0.15) is 29.8 Å². The fraction of sp³-hybridized carbons (Fsp3) is 0.500. The van der Waals surface area contributed by atoms with E-state index in [4.69, 9.17) is 10.5 Å². The topological polar surface area (TPSA) is 52.3 Å². The highest BCUT2D eigenvalue weighted by Gasteiger charge is 2.15. The van der Waals surface area contributed by atoms with Crippen molar-refractivity contribution in [3.05, 3.63) is 20.3 Å². The van der Waals surface area contributed by atoms with Crippen molar-refractivity contribution in [1.29, 1.82) is 0 Å². The fourth-order valence-corrected chi connectivity index (χ4v) is 2.74. The molecule has 0 unspecified atom stereocenters. The Morgan fingerprint density at radius 1 is 1.73 bits per heavy atom. The average molecular weight is 292 g/mol. The van der Waals surface area contributed by atoms with E-state index in [1.807, 2.05) is 13.0 Å². The molecular formula is C10H14BrNO2S. The highest BCUT2D eigenvalue weighted by atomic mass is 79.9. The molecule has 84 valence electrons. The van der Waals surface area contributed by atoms with Crippen LogP contribution in [0.15, 0.2) is 9.85 Å². The zero-order valence-corrected chi connectivity index (χ0v) is 11.2. The second kappa shape index (κ2) is 5.63. The number of hydrogen-bond acceptors (Lipinski definition) is 4. The Morgan fingerprint density at radius 3 is 2.87 bits per heavy atom. The molecule has 0 amide bonds. The van der Waals surface area contributed by atoms with Crippen molar-refractivity contribution in [3.8, 4) is 0 Å². The second-order valence-electron chi connectivity index (χ2n) is 3.22. The molecule has 1 atom stereocenters. The summed E-state index contributed by atoms with van der Waals surface area (Å²) in [6, 6.07) is 1.73. The third-order valence-electron chi connectivity index (χ3n) is 1.93. The van der Waals surface area contributed by atoms with Gasteiger partial charge in [0.25, 0.3) is 0 Å². The third kappa shape index (κ3) is 3.59. The Balaban J connectivity index is 2.60. The zero-order valence-electron chi connectivity index (χ0n) is 8.75. The summed E-state index contributed by atoms with van der Waals surface area (Å²) in [4.78, 5) is 12.2. The van der Waals surface area contributed by atoms with E-state index in [-0.39, 0.29) is 18.4 Å². The Morgan fingerprint density at radius 2 is 2.40 bits per heavy atom. The molecule has 0 fully saturated rings. The van der Waals surface area contributed by atoms with Gasteiger partial charge in [-0.3, -0.25) is 4.79 Å². The number of carbonyl (C=O) groups is 1. The summed E-state index contributed by atoms with van der Waals surface area (Å²) in [7, 11) is 0. The highest BCUT2D eigenvalue weighted by molar-refractivity contribution is 9.11. The first-order chi connectivity index (χ1) is 7.04. The summed E-state index contributed by atoms with van der Waals surface area (Å²) in [6.07, 6.45) is 0.236. The minimum Gasteiger partial charge on any atom is -0.466 e. The van der Waals surface area contributed by atoms with Crippen molar-refractivity contribution in [2.45, 2.75) is 26.3 Å². The van der Waals surface area contributed by atoms with Crippen LogP contribution in [0.3, 0.4) is 0 Å². The Labute approximate surface area is 102 Å². The van der Waals surface area contributed by atoms with Gasteiger partial charge < -0.3 is 10.5 Å². The van der Waals surface area contributed by atoms with E-state index in [0.717, 1.165) is 14.2 Å². The Kier molecular flexibility index (Phi) is 4.76. The molecule has 1 aromatic rings. The summed E-state index contributed by atoms with van der Waals surface area (Å²) >= 11 is 4.99. The van der Waals surface area contributed by atoms with Crippen molar-refractivity contribution in [3.63, 3.8) is 0 Å². The van der Waals surface area contributed by atoms with E-state index < -0.39 is 0 Å². The lowest BCUT2D eigenvalue weighted by atomic mass is 10.2. The van der Waals surface area contributed by atoms with E-state index in [1.54, 1.807) is 18.3 Å². The van der Waals surface area contributed by atoms with E-state index in [9.17, 15) is 4.79 Å². The molecule has 0 saturated carbocycles. The molecule has 0 saturated heterocycles. The number of halogens is 1. The van der Waals surface area contributed by atoms with Gasteiger partial charge in [-0.15, -0.1) is 11.3 Å². The average Bonchev–Trinajstić information content (AvgIpc) is 2.47. The van der Waals surface area contributed by atoms with Crippen LogP contribution in [0, 0.1) is 6.92 Å². The number of rotatable bonds is 4. The lowest BCUT2D eigenvalue weighted by Gasteiger charge is -2.08.